The summed E-state index contributed by atoms with van der Waals surface area (Å²) in [6.07, 6.45) is 5.76. The minimum Gasteiger partial charge on any atom is -0.379 e. The van der Waals surface area contributed by atoms with Crippen LogP contribution in [0.15, 0.2) is 4.99 Å². The number of aliphatic imine (C=N–C) groups is 1. The Hall–Kier alpha value is -0.710. The van der Waals surface area contributed by atoms with E-state index in [-0.39, 0.29) is 5.91 Å². The molecule has 0 aromatic rings. The van der Waals surface area contributed by atoms with Gasteiger partial charge < -0.3 is 10.6 Å². The van der Waals surface area contributed by atoms with Gasteiger partial charge in [0.05, 0.1) is 11.8 Å². The van der Waals surface area contributed by atoms with Crippen LogP contribution in [0.25, 0.3) is 0 Å². The van der Waals surface area contributed by atoms with Crippen LogP contribution in [-0.2, 0) is 4.79 Å². The standard InChI is InChI=1S/C13H23N3OS/c1-9-4-3-5-10(2)16(9)12(17)8-18-13(14)15-11-6-7-11/h9-11H,3-8H2,1-2H3,(H2,14,15). The van der Waals surface area contributed by atoms with E-state index in [0.29, 0.717) is 29.0 Å². The average molecular weight is 269 g/mol. The SMILES string of the molecule is CC1CCCC(C)N1C(=O)CSC(N)=NC1CC1. The highest BCUT2D eigenvalue weighted by Crippen LogP contribution is 2.25. The van der Waals surface area contributed by atoms with Gasteiger partial charge >= 0.3 is 0 Å². The van der Waals surface area contributed by atoms with E-state index in [1.54, 1.807) is 0 Å². The number of piperidine rings is 1. The van der Waals surface area contributed by atoms with E-state index in [2.05, 4.69) is 18.8 Å². The van der Waals surface area contributed by atoms with Gasteiger partial charge in [-0.1, -0.05) is 11.8 Å². The Labute approximate surface area is 113 Å². The van der Waals surface area contributed by atoms with Crippen LogP contribution >= 0.6 is 11.8 Å². The molecular formula is C13H23N3OS. The summed E-state index contributed by atoms with van der Waals surface area (Å²) in [5, 5.41) is 0.572. The number of nitrogens with two attached hydrogens (primary N) is 1. The molecule has 0 aromatic heterocycles. The van der Waals surface area contributed by atoms with Gasteiger partial charge in [-0.15, -0.1) is 0 Å². The van der Waals surface area contributed by atoms with Gasteiger partial charge in [0.1, 0.15) is 0 Å². The number of carbonyl (C=O) groups excluding carboxylic acids is 1. The first-order chi connectivity index (χ1) is 8.58. The molecule has 1 aliphatic carbocycles. The van der Waals surface area contributed by atoms with Gasteiger partial charge in [-0.3, -0.25) is 9.79 Å². The molecule has 2 rings (SSSR count). The third-order valence-electron chi connectivity index (χ3n) is 3.68. The topological polar surface area (TPSA) is 58.7 Å². The van der Waals surface area contributed by atoms with E-state index in [4.69, 9.17) is 5.73 Å². The van der Waals surface area contributed by atoms with Crippen molar-refractivity contribution >= 4 is 22.8 Å². The van der Waals surface area contributed by atoms with E-state index >= 15 is 0 Å². The van der Waals surface area contributed by atoms with Gasteiger partial charge in [0, 0.05) is 12.1 Å². The van der Waals surface area contributed by atoms with Crippen molar-refractivity contribution in [2.75, 3.05) is 5.75 Å². The predicted octanol–water partition coefficient (Wildman–Crippen LogP) is 1.99. The molecule has 1 heterocycles. The predicted molar refractivity (Wildman–Crippen MR) is 76.7 cm³/mol. The molecule has 2 N–H and O–H groups in total. The third-order valence-corrected chi connectivity index (χ3v) is 4.47. The lowest BCUT2D eigenvalue weighted by atomic mass is 9.98. The zero-order valence-corrected chi connectivity index (χ0v) is 12.1. The quantitative estimate of drug-likeness (QED) is 0.629. The van der Waals surface area contributed by atoms with Gasteiger partial charge in [0.25, 0.3) is 0 Å². The molecule has 2 unspecified atom stereocenters. The first-order valence-electron chi connectivity index (χ1n) is 6.85. The second-order valence-electron chi connectivity index (χ2n) is 5.42. The fourth-order valence-corrected chi connectivity index (χ4v) is 3.19. The molecule has 0 spiro atoms. The van der Waals surface area contributed by atoms with Crippen molar-refractivity contribution in [1.82, 2.24) is 4.90 Å². The fourth-order valence-electron chi connectivity index (χ4n) is 2.54. The monoisotopic (exact) mass is 269 g/mol. The Morgan fingerprint density at radius 3 is 2.44 bits per heavy atom. The maximum atomic E-state index is 12.2. The maximum Gasteiger partial charge on any atom is 0.233 e. The highest BCUT2D eigenvalue weighted by atomic mass is 32.2. The van der Waals surface area contributed by atoms with Crippen LogP contribution in [-0.4, -0.2) is 39.9 Å². The third kappa shape index (κ3) is 3.64. The lowest BCUT2D eigenvalue weighted by Gasteiger charge is -2.39. The van der Waals surface area contributed by atoms with Crippen LogP contribution in [0.1, 0.15) is 46.0 Å². The Morgan fingerprint density at radius 2 is 1.89 bits per heavy atom. The minimum absolute atomic E-state index is 0.202. The zero-order valence-electron chi connectivity index (χ0n) is 11.3. The van der Waals surface area contributed by atoms with E-state index < -0.39 is 0 Å². The lowest BCUT2D eigenvalue weighted by molar-refractivity contribution is -0.134. The summed E-state index contributed by atoms with van der Waals surface area (Å²) in [5.41, 5.74) is 5.80. The largest absolute Gasteiger partial charge is 0.379 e. The molecule has 18 heavy (non-hydrogen) atoms. The van der Waals surface area contributed by atoms with Crippen LogP contribution in [0.4, 0.5) is 0 Å². The molecule has 1 amide bonds. The number of rotatable bonds is 3. The van der Waals surface area contributed by atoms with E-state index in [1.807, 2.05) is 4.90 Å². The molecule has 2 aliphatic rings. The summed E-state index contributed by atoms with van der Waals surface area (Å²) in [7, 11) is 0. The van der Waals surface area contributed by atoms with Gasteiger partial charge in [-0.05, 0) is 46.0 Å². The van der Waals surface area contributed by atoms with Crippen molar-refractivity contribution in [3.8, 4) is 0 Å². The highest BCUT2D eigenvalue weighted by Gasteiger charge is 2.29. The molecule has 2 atom stereocenters. The molecule has 0 bridgehead atoms. The van der Waals surface area contributed by atoms with Crippen molar-refractivity contribution in [2.45, 2.75) is 64.1 Å². The summed E-state index contributed by atoms with van der Waals surface area (Å²) >= 11 is 1.39. The van der Waals surface area contributed by atoms with Gasteiger partial charge in [0.15, 0.2) is 5.17 Å². The number of nitrogens with zero attached hydrogens (tertiary/aromatic N) is 2. The molecule has 102 valence electrons. The second kappa shape index (κ2) is 5.95. The smallest absolute Gasteiger partial charge is 0.233 e. The summed E-state index contributed by atoms with van der Waals surface area (Å²) < 4.78 is 0. The number of hydrogen-bond donors (Lipinski definition) is 1. The van der Waals surface area contributed by atoms with Crippen LogP contribution in [0.5, 0.6) is 0 Å². The number of amides is 1. The number of thioether (sulfide) groups is 1. The van der Waals surface area contributed by atoms with Crippen LogP contribution in [0.3, 0.4) is 0 Å². The molecule has 1 saturated carbocycles. The second-order valence-corrected chi connectivity index (χ2v) is 6.41. The molecular weight excluding hydrogens is 246 g/mol. The van der Waals surface area contributed by atoms with E-state index in [0.717, 1.165) is 25.7 Å². The number of hydrogen-bond acceptors (Lipinski definition) is 3. The Balaban J connectivity index is 1.82. The Bertz CT molecular complexity index is 331. The maximum absolute atomic E-state index is 12.2. The Kier molecular flexibility index (Phi) is 4.54. The van der Waals surface area contributed by atoms with Crippen LogP contribution in [0.2, 0.25) is 0 Å². The highest BCUT2D eigenvalue weighted by molar-refractivity contribution is 8.14. The minimum atomic E-state index is 0.202. The van der Waals surface area contributed by atoms with Gasteiger partial charge in [-0.2, -0.15) is 0 Å². The summed E-state index contributed by atoms with van der Waals surface area (Å²) in [4.78, 5) is 18.6. The van der Waals surface area contributed by atoms with Crippen molar-refractivity contribution in [3.63, 3.8) is 0 Å². The summed E-state index contributed by atoms with van der Waals surface area (Å²) in [6, 6.07) is 1.16. The zero-order chi connectivity index (χ0) is 13.1. The van der Waals surface area contributed by atoms with Crippen LogP contribution < -0.4 is 5.73 Å². The lowest BCUT2D eigenvalue weighted by Crippen LogP contribution is -2.48. The summed E-state index contributed by atoms with van der Waals surface area (Å²) in [6.45, 7) is 4.28. The molecule has 1 saturated heterocycles. The fraction of sp³-hybridized carbons (Fsp3) is 0.846. The van der Waals surface area contributed by atoms with E-state index in [1.165, 1.54) is 18.2 Å². The molecule has 1 aliphatic heterocycles. The molecule has 0 radical (unpaired) electrons. The van der Waals surface area contributed by atoms with Crippen molar-refractivity contribution in [3.05, 3.63) is 0 Å². The van der Waals surface area contributed by atoms with Crippen LogP contribution in [0, 0.1) is 0 Å². The number of amidine groups is 1. The Morgan fingerprint density at radius 1 is 1.28 bits per heavy atom. The normalized spacial score (nSPS) is 29.4. The summed E-state index contributed by atoms with van der Waals surface area (Å²) in [5.74, 6) is 0.630. The van der Waals surface area contributed by atoms with E-state index in [9.17, 15) is 4.79 Å². The molecule has 4 nitrogen and oxygen atoms in total. The molecule has 2 fully saturated rings. The molecule has 5 heteroatoms. The van der Waals surface area contributed by atoms with Crippen molar-refractivity contribution in [1.29, 1.82) is 0 Å². The van der Waals surface area contributed by atoms with Crippen molar-refractivity contribution in [2.24, 2.45) is 10.7 Å². The first-order valence-corrected chi connectivity index (χ1v) is 7.83. The number of likely N-dealkylation sites (tertiary alicyclic amines) is 1. The first kappa shape index (κ1) is 13.7. The number of carbonyl (C=O) groups is 1. The van der Waals surface area contributed by atoms with Gasteiger partial charge in [0.2, 0.25) is 5.91 Å². The average Bonchev–Trinajstić information content (AvgIpc) is 3.10. The molecule has 0 aromatic carbocycles. The van der Waals surface area contributed by atoms with Crippen molar-refractivity contribution < 1.29 is 4.79 Å². The van der Waals surface area contributed by atoms with Gasteiger partial charge in [-0.25, -0.2) is 0 Å².